The van der Waals surface area contributed by atoms with Gasteiger partial charge in [-0.25, -0.2) is 22.9 Å². The Hall–Kier alpha value is -2.25. The molecule has 0 bridgehead atoms. The second-order valence-corrected chi connectivity index (χ2v) is 7.29. The molecule has 1 aliphatic carbocycles. The predicted octanol–water partition coefficient (Wildman–Crippen LogP) is 2.22. The lowest BCUT2D eigenvalue weighted by Gasteiger charge is -2.26. The number of benzene rings is 1. The van der Waals surface area contributed by atoms with Gasteiger partial charge in [0.1, 0.15) is 4.90 Å². The van der Waals surface area contributed by atoms with Crippen molar-refractivity contribution in [2.75, 3.05) is 7.11 Å². The van der Waals surface area contributed by atoms with Gasteiger partial charge in [-0.3, -0.25) is 0 Å². The van der Waals surface area contributed by atoms with Crippen LogP contribution in [0.5, 0.6) is 0 Å². The number of carbonyl (C=O) groups is 1. The van der Waals surface area contributed by atoms with Crippen LogP contribution >= 0.6 is 0 Å². The second-order valence-electron chi connectivity index (χ2n) is 5.61. The highest BCUT2D eigenvalue weighted by Crippen LogP contribution is 2.31. The molecule has 1 aromatic carbocycles. The Kier molecular flexibility index (Phi) is 4.64. The van der Waals surface area contributed by atoms with E-state index in [0.717, 1.165) is 24.0 Å². The average molecular weight is 346 g/mol. The molecule has 0 aliphatic heterocycles. The van der Waals surface area contributed by atoms with Crippen molar-refractivity contribution in [2.24, 2.45) is 0 Å². The van der Waals surface area contributed by atoms with E-state index in [-0.39, 0.29) is 16.6 Å². The van der Waals surface area contributed by atoms with Gasteiger partial charge in [0.15, 0.2) is 5.69 Å². The van der Waals surface area contributed by atoms with E-state index in [4.69, 9.17) is 0 Å². The number of rotatable bonds is 4. The normalized spacial score (nSPS) is 17.1. The number of carbonyl (C=O) groups excluding carboxylic acids is 1. The van der Waals surface area contributed by atoms with Gasteiger partial charge in [0, 0.05) is 12.2 Å². The predicted molar refractivity (Wildman–Crippen MR) is 88.0 cm³/mol. The van der Waals surface area contributed by atoms with Gasteiger partial charge in [-0.05, 0) is 42.5 Å². The van der Waals surface area contributed by atoms with Crippen molar-refractivity contribution in [3.8, 4) is 0 Å². The fraction of sp³-hybridized carbons (Fsp3) is 0.294. The van der Waals surface area contributed by atoms with Crippen molar-refractivity contribution in [3.05, 3.63) is 59.4 Å². The van der Waals surface area contributed by atoms with Crippen molar-refractivity contribution in [3.63, 3.8) is 0 Å². The molecule has 0 fully saturated rings. The number of ether oxygens (including phenoxy) is 1. The van der Waals surface area contributed by atoms with Crippen molar-refractivity contribution >= 4 is 16.0 Å². The number of aryl methyl sites for hydroxylation is 1. The fourth-order valence-corrected chi connectivity index (χ4v) is 4.38. The molecule has 0 amide bonds. The molecule has 0 unspecified atom stereocenters. The Balaban J connectivity index is 1.95. The minimum atomic E-state index is -3.90. The molecule has 1 aliphatic rings. The van der Waals surface area contributed by atoms with E-state index in [0.29, 0.717) is 6.42 Å². The summed E-state index contributed by atoms with van der Waals surface area (Å²) in [4.78, 5) is 15.5. The summed E-state index contributed by atoms with van der Waals surface area (Å²) in [6.07, 6.45) is 3.92. The average Bonchev–Trinajstić information content (AvgIpc) is 2.61. The maximum atomic E-state index is 12.8. The molecule has 1 N–H and O–H groups in total. The zero-order chi connectivity index (χ0) is 17.2. The van der Waals surface area contributed by atoms with Crippen LogP contribution in [0.1, 0.15) is 40.5 Å². The number of nitrogens with one attached hydrogen (secondary N) is 1. The van der Waals surface area contributed by atoms with Crippen LogP contribution in [0.4, 0.5) is 0 Å². The lowest BCUT2D eigenvalue weighted by molar-refractivity contribution is 0.0589. The van der Waals surface area contributed by atoms with Gasteiger partial charge in [-0.2, -0.15) is 0 Å². The highest BCUT2D eigenvalue weighted by molar-refractivity contribution is 7.89. The summed E-state index contributed by atoms with van der Waals surface area (Å²) in [6.45, 7) is 0. The third-order valence-corrected chi connectivity index (χ3v) is 5.61. The number of fused-ring (bicyclic) bond motifs is 1. The molecule has 24 heavy (non-hydrogen) atoms. The van der Waals surface area contributed by atoms with Crippen LogP contribution in [0.2, 0.25) is 0 Å². The third-order valence-electron chi connectivity index (χ3n) is 4.11. The summed E-state index contributed by atoms with van der Waals surface area (Å²) >= 11 is 0. The molecular weight excluding hydrogens is 328 g/mol. The van der Waals surface area contributed by atoms with Crippen LogP contribution in [0.15, 0.2) is 47.5 Å². The number of pyridine rings is 1. The molecule has 6 nitrogen and oxygen atoms in total. The zero-order valence-corrected chi connectivity index (χ0v) is 14.0. The van der Waals surface area contributed by atoms with Gasteiger partial charge in [0.05, 0.1) is 7.11 Å². The summed E-state index contributed by atoms with van der Waals surface area (Å²) in [7, 11) is -2.71. The van der Waals surface area contributed by atoms with Gasteiger partial charge in [-0.1, -0.05) is 24.3 Å². The first-order chi connectivity index (χ1) is 11.5. The maximum absolute atomic E-state index is 12.8. The highest BCUT2D eigenvalue weighted by Gasteiger charge is 2.29. The third kappa shape index (κ3) is 3.18. The van der Waals surface area contributed by atoms with Crippen molar-refractivity contribution in [1.82, 2.24) is 9.71 Å². The first kappa shape index (κ1) is 16.6. The number of esters is 1. The minimum Gasteiger partial charge on any atom is -0.464 e. The topological polar surface area (TPSA) is 85.4 Å². The van der Waals surface area contributed by atoms with Gasteiger partial charge < -0.3 is 4.74 Å². The Morgan fingerprint density at radius 3 is 2.83 bits per heavy atom. The minimum absolute atomic E-state index is 0.167. The monoisotopic (exact) mass is 346 g/mol. The molecule has 1 aromatic heterocycles. The largest absolute Gasteiger partial charge is 0.464 e. The van der Waals surface area contributed by atoms with Crippen LogP contribution in [0.25, 0.3) is 0 Å². The molecule has 0 spiro atoms. The molecule has 0 radical (unpaired) electrons. The Labute approximate surface area is 140 Å². The second kappa shape index (κ2) is 6.70. The van der Waals surface area contributed by atoms with Crippen LogP contribution in [-0.4, -0.2) is 26.5 Å². The van der Waals surface area contributed by atoms with E-state index >= 15 is 0 Å². The number of sulfonamides is 1. The van der Waals surface area contributed by atoms with Crippen LogP contribution in [0, 0.1) is 0 Å². The number of nitrogens with zero attached hydrogens (tertiary/aromatic N) is 1. The molecule has 126 valence electrons. The van der Waals surface area contributed by atoms with Crippen molar-refractivity contribution < 1.29 is 17.9 Å². The lowest BCUT2D eigenvalue weighted by atomic mass is 9.88. The summed E-state index contributed by atoms with van der Waals surface area (Å²) in [6, 6.07) is 10.3. The Bertz CT molecular complexity index is 864. The molecule has 0 saturated heterocycles. The Morgan fingerprint density at radius 2 is 2.04 bits per heavy atom. The SMILES string of the molecule is COC(=O)c1ncccc1S(=O)(=O)N[C@H]1CCCc2ccccc21. The smallest absolute Gasteiger partial charge is 0.358 e. The number of methoxy groups -OCH3 is 1. The quantitative estimate of drug-likeness (QED) is 0.858. The number of aromatic nitrogens is 1. The zero-order valence-electron chi connectivity index (χ0n) is 13.2. The summed E-state index contributed by atoms with van der Waals surface area (Å²) in [5.74, 6) is -0.778. The molecule has 1 atom stereocenters. The molecule has 2 aromatic rings. The van der Waals surface area contributed by atoms with Crippen molar-refractivity contribution in [1.29, 1.82) is 0 Å². The Morgan fingerprint density at radius 1 is 1.25 bits per heavy atom. The first-order valence-corrected chi connectivity index (χ1v) is 9.14. The standard InChI is InChI=1S/C17H18N2O4S/c1-23-17(20)16-15(10-5-11-18-16)24(21,22)19-14-9-4-7-12-6-2-3-8-13(12)14/h2-3,5-6,8,10-11,14,19H,4,7,9H2,1H3/t14-/m0/s1. The van der Waals surface area contributed by atoms with Gasteiger partial charge in [0.2, 0.25) is 10.0 Å². The van der Waals surface area contributed by atoms with Gasteiger partial charge >= 0.3 is 5.97 Å². The molecule has 7 heteroatoms. The van der Waals surface area contributed by atoms with E-state index in [9.17, 15) is 13.2 Å². The van der Waals surface area contributed by atoms with Crippen LogP contribution in [0.3, 0.4) is 0 Å². The maximum Gasteiger partial charge on any atom is 0.358 e. The van der Waals surface area contributed by atoms with Crippen molar-refractivity contribution in [2.45, 2.75) is 30.2 Å². The van der Waals surface area contributed by atoms with Crippen LogP contribution in [-0.2, 0) is 21.2 Å². The lowest BCUT2D eigenvalue weighted by Crippen LogP contribution is -2.32. The molecule has 3 rings (SSSR count). The van der Waals surface area contributed by atoms with E-state index in [1.54, 1.807) is 0 Å². The number of hydrogen-bond donors (Lipinski definition) is 1. The fourth-order valence-electron chi connectivity index (χ4n) is 2.98. The van der Waals surface area contributed by atoms with Gasteiger partial charge in [0.25, 0.3) is 0 Å². The summed E-state index contributed by atoms with van der Waals surface area (Å²) in [5, 5.41) is 0. The summed E-state index contributed by atoms with van der Waals surface area (Å²) in [5.41, 5.74) is 1.92. The molecule has 1 heterocycles. The van der Waals surface area contributed by atoms with E-state index < -0.39 is 16.0 Å². The van der Waals surface area contributed by atoms with E-state index in [2.05, 4.69) is 14.4 Å². The molecule has 0 saturated carbocycles. The molecular formula is C17H18N2O4S. The van der Waals surface area contributed by atoms with Crippen LogP contribution < -0.4 is 4.72 Å². The summed E-state index contributed by atoms with van der Waals surface area (Å²) < 4.78 is 32.9. The number of hydrogen-bond acceptors (Lipinski definition) is 5. The first-order valence-electron chi connectivity index (χ1n) is 7.66. The highest BCUT2D eigenvalue weighted by atomic mass is 32.2. The van der Waals surface area contributed by atoms with E-state index in [1.807, 2.05) is 24.3 Å². The van der Waals surface area contributed by atoms with Gasteiger partial charge in [-0.15, -0.1) is 0 Å². The van der Waals surface area contributed by atoms with E-state index in [1.165, 1.54) is 25.4 Å².